The summed E-state index contributed by atoms with van der Waals surface area (Å²) in [6.07, 6.45) is 8.48. The maximum atomic E-state index is 12.7. The van der Waals surface area contributed by atoms with Crippen LogP contribution in [0.15, 0.2) is 6.07 Å². The topological polar surface area (TPSA) is 52.7 Å². The number of carbonyl (C=O) groups excluding carboxylic acids is 2. The SMILES string of the molecule is CN1CCC(CCNC(=O)[C@H]2CCc3sc(C(=O)N4CCCC4)cc3C2)CC1. The number of amides is 2. The molecule has 0 radical (unpaired) electrons. The highest BCUT2D eigenvalue weighted by atomic mass is 32.1. The molecule has 3 heterocycles. The first kappa shape index (κ1) is 19.9. The zero-order chi connectivity index (χ0) is 19.5. The summed E-state index contributed by atoms with van der Waals surface area (Å²) in [5, 5.41) is 3.19. The Morgan fingerprint density at radius 2 is 1.89 bits per heavy atom. The number of nitrogens with one attached hydrogen (secondary N) is 1. The van der Waals surface area contributed by atoms with Crippen molar-refractivity contribution >= 4 is 23.2 Å². The van der Waals surface area contributed by atoms with E-state index in [0.717, 1.165) is 69.0 Å². The Hall–Kier alpha value is -1.40. The zero-order valence-corrected chi connectivity index (χ0v) is 17.9. The summed E-state index contributed by atoms with van der Waals surface area (Å²) in [4.78, 5) is 31.9. The Labute approximate surface area is 172 Å². The fraction of sp³-hybridized carbons (Fsp3) is 0.727. The molecule has 1 atom stereocenters. The van der Waals surface area contributed by atoms with Crippen LogP contribution in [-0.2, 0) is 17.6 Å². The summed E-state index contributed by atoms with van der Waals surface area (Å²) in [6, 6.07) is 2.07. The fourth-order valence-corrected chi connectivity index (χ4v) is 6.00. The maximum Gasteiger partial charge on any atom is 0.263 e. The first-order valence-corrected chi connectivity index (χ1v) is 11.8. The molecule has 0 unspecified atom stereocenters. The fourth-order valence-electron chi connectivity index (χ4n) is 4.82. The van der Waals surface area contributed by atoms with Crippen molar-refractivity contribution in [3.8, 4) is 0 Å². The molecule has 2 fully saturated rings. The standard InChI is InChI=1S/C22H33N3O2S/c1-24-12-7-16(8-13-24)6-9-23-21(26)17-4-5-19-18(14-17)15-20(28-19)22(27)25-10-2-3-11-25/h15-17H,2-14H2,1H3,(H,23,26)/t17-/m0/s1. The number of hydrogen-bond acceptors (Lipinski definition) is 4. The molecular weight excluding hydrogens is 370 g/mol. The Bertz CT molecular complexity index is 703. The smallest absolute Gasteiger partial charge is 0.263 e. The van der Waals surface area contributed by atoms with Crippen LogP contribution < -0.4 is 5.32 Å². The van der Waals surface area contributed by atoms with Gasteiger partial charge in [0.25, 0.3) is 5.91 Å². The number of aryl methyl sites for hydroxylation is 1. The third-order valence-electron chi connectivity index (χ3n) is 6.75. The number of piperidine rings is 1. The second-order valence-corrected chi connectivity index (χ2v) is 9.96. The van der Waals surface area contributed by atoms with E-state index < -0.39 is 0 Å². The van der Waals surface area contributed by atoms with Crippen molar-refractivity contribution in [2.45, 2.75) is 51.4 Å². The average molecular weight is 404 g/mol. The van der Waals surface area contributed by atoms with Gasteiger partial charge < -0.3 is 15.1 Å². The van der Waals surface area contributed by atoms with Crippen molar-refractivity contribution < 1.29 is 9.59 Å². The van der Waals surface area contributed by atoms with Crippen LogP contribution in [0.4, 0.5) is 0 Å². The van der Waals surface area contributed by atoms with Crippen molar-refractivity contribution in [1.82, 2.24) is 15.1 Å². The van der Waals surface area contributed by atoms with E-state index in [1.807, 2.05) is 4.90 Å². The summed E-state index contributed by atoms with van der Waals surface area (Å²) in [5.41, 5.74) is 1.23. The van der Waals surface area contributed by atoms with E-state index in [1.165, 1.54) is 36.4 Å². The second-order valence-electron chi connectivity index (χ2n) is 8.82. The van der Waals surface area contributed by atoms with Crippen LogP contribution in [0.2, 0.25) is 0 Å². The normalized spacial score (nSPS) is 23.6. The molecule has 1 aromatic rings. The van der Waals surface area contributed by atoms with Crippen molar-refractivity contribution in [2.24, 2.45) is 11.8 Å². The molecule has 0 bridgehead atoms. The summed E-state index contributed by atoms with van der Waals surface area (Å²) in [6.45, 7) is 4.95. The van der Waals surface area contributed by atoms with E-state index in [1.54, 1.807) is 11.3 Å². The maximum absolute atomic E-state index is 12.7. The lowest BCUT2D eigenvalue weighted by atomic mass is 9.87. The second kappa shape index (κ2) is 8.95. The minimum absolute atomic E-state index is 0.0642. The summed E-state index contributed by atoms with van der Waals surface area (Å²) in [5.74, 6) is 1.22. The van der Waals surface area contributed by atoms with Crippen LogP contribution in [-0.4, -0.2) is 61.4 Å². The van der Waals surface area contributed by atoms with Gasteiger partial charge in [-0.25, -0.2) is 0 Å². The van der Waals surface area contributed by atoms with E-state index in [-0.39, 0.29) is 17.7 Å². The van der Waals surface area contributed by atoms with Gasteiger partial charge in [-0.2, -0.15) is 0 Å². The molecule has 154 valence electrons. The molecule has 3 aliphatic rings. The lowest BCUT2D eigenvalue weighted by Crippen LogP contribution is -2.36. The molecule has 28 heavy (non-hydrogen) atoms. The molecule has 1 aliphatic carbocycles. The van der Waals surface area contributed by atoms with Gasteiger partial charge in [0.2, 0.25) is 5.91 Å². The molecule has 1 aromatic heterocycles. The highest BCUT2D eigenvalue weighted by Gasteiger charge is 2.29. The van der Waals surface area contributed by atoms with Crippen molar-refractivity contribution in [2.75, 3.05) is 39.8 Å². The summed E-state index contributed by atoms with van der Waals surface area (Å²) in [7, 11) is 2.18. The van der Waals surface area contributed by atoms with Gasteiger partial charge in [-0.15, -0.1) is 11.3 Å². The Balaban J connectivity index is 1.26. The molecule has 0 spiro atoms. The van der Waals surface area contributed by atoms with Crippen molar-refractivity contribution in [3.05, 3.63) is 21.4 Å². The Morgan fingerprint density at radius 1 is 1.14 bits per heavy atom. The number of likely N-dealkylation sites (tertiary alicyclic amines) is 2. The number of thiophene rings is 1. The van der Waals surface area contributed by atoms with Crippen molar-refractivity contribution in [3.63, 3.8) is 0 Å². The summed E-state index contributed by atoms with van der Waals surface area (Å²) < 4.78 is 0. The first-order valence-electron chi connectivity index (χ1n) is 11.0. The molecule has 4 rings (SSSR count). The molecule has 0 saturated carbocycles. The van der Waals surface area contributed by atoms with Crippen molar-refractivity contribution in [1.29, 1.82) is 0 Å². The van der Waals surface area contributed by atoms with E-state index in [4.69, 9.17) is 0 Å². The molecule has 5 nitrogen and oxygen atoms in total. The molecule has 0 aromatic carbocycles. The lowest BCUT2D eigenvalue weighted by molar-refractivity contribution is -0.125. The molecule has 6 heteroatoms. The number of nitrogens with zero attached hydrogens (tertiary/aromatic N) is 2. The minimum atomic E-state index is 0.0642. The third kappa shape index (κ3) is 4.60. The van der Waals surface area contributed by atoms with Gasteiger partial charge in [-0.05, 0) is 89.1 Å². The number of hydrogen-bond donors (Lipinski definition) is 1. The largest absolute Gasteiger partial charge is 0.356 e. The monoisotopic (exact) mass is 403 g/mol. The first-order chi connectivity index (χ1) is 13.6. The van der Waals surface area contributed by atoms with Crippen LogP contribution in [0.25, 0.3) is 0 Å². The molecule has 1 N–H and O–H groups in total. The Kier molecular flexibility index (Phi) is 6.36. The molecular formula is C22H33N3O2S. The van der Waals surface area contributed by atoms with Crippen LogP contribution >= 0.6 is 11.3 Å². The third-order valence-corrected chi connectivity index (χ3v) is 7.97. The van der Waals surface area contributed by atoms with Gasteiger partial charge in [0.1, 0.15) is 0 Å². The minimum Gasteiger partial charge on any atom is -0.356 e. The van der Waals surface area contributed by atoms with Gasteiger partial charge in [0.05, 0.1) is 4.88 Å². The summed E-state index contributed by atoms with van der Waals surface area (Å²) >= 11 is 1.65. The number of fused-ring (bicyclic) bond motifs is 1. The number of carbonyl (C=O) groups is 2. The van der Waals surface area contributed by atoms with E-state index in [0.29, 0.717) is 0 Å². The number of rotatable bonds is 5. The molecule has 2 aliphatic heterocycles. The highest BCUT2D eigenvalue weighted by molar-refractivity contribution is 7.14. The highest BCUT2D eigenvalue weighted by Crippen LogP contribution is 2.33. The van der Waals surface area contributed by atoms with Gasteiger partial charge in [0, 0.05) is 30.4 Å². The van der Waals surface area contributed by atoms with Crippen LogP contribution in [0, 0.1) is 11.8 Å². The molecule has 2 saturated heterocycles. The predicted octanol–water partition coefficient (Wildman–Crippen LogP) is 2.94. The van der Waals surface area contributed by atoms with Gasteiger partial charge in [0.15, 0.2) is 0 Å². The van der Waals surface area contributed by atoms with E-state index in [9.17, 15) is 9.59 Å². The van der Waals surface area contributed by atoms with E-state index >= 15 is 0 Å². The average Bonchev–Trinajstić information content (AvgIpc) is 3.38. The Morgan fingerprint density at radius 3 is 2.64 bits per heavy atom. The zero-order valence-electron chi connectivity index (χ0n) is 17.0. The van der Waals surface area contributed by atoms with Gasteiger partial charge in [-0.3, -0.25) is 9.59 Å². The molecule has 2 amide bonds. The lowest BCUT2D eigenvalue weighted by Gasteiger charge is -2.29. The quantitative estimate of drug-likeness (QED) is 0.822. The van der Waals surface area contributed by atoms with E-state index in [2.05, 4.69) is 23.3 Å². The predicted molar refractivity (Wildman–Crippen MR) is 113 cm³/mol. The van der Waals surface area contributed by atoms with Gasteiger partial charge in [-0.1, -0.05) is 0 Å². The van der Waals surface area contributed by atoms with Crippen LogP contribution in [0.1, 0.15) is 58.6 Å². The van der Waals surface area contributed by atoms with Crippen LogP contribution in [0.3, 0.4) is 0 Å². The van der Waals surface area contributed by atoms with Crippen LogP contribution in [0.5, 0.6) is 0 Å². The van der Waals surface area contributed by atoms with Gasteiger partial charge >= 0.3 is 0 Å².